The van der Waals surface area contributed by atoms with Gasteiger partial charge < -0.3 is 10.1 Å². The Balaban J connectivity index is 2.04. The molecule has 0 bridgehead atoms. The van der Waals surface area contributed by atoms with Crippen molar-refractivity contribution in [1.29, 1.82) is 0 Å². The maximum absolute atomic E-state index is 5.51. The van der Waals surface area contributed by atoms with Crippen molar-refractivity contribution < 1.29 is 4.74 Å². The van der Waals surface area contributed by atoms with E-state index in [-0.39, 0.29) is 0 Å². The van der Waals surface area contributed by atoms with Crippen molar-refractivity contribution in [2.45, 2.75) is 58.5 Å². The molecular weight excluding hydrogens is 234 g/mol. The number of benzene rings is 1. The fourth-order valence-corrected chi connectivity index (χ4v) is 3.25. The third kappa shape index (κ3) is 3.50. The number of nitrogens with one attached hydrogen (secondary N) is 1. The van der Waals surface area contributed by atoms with E-state index in [1.165, 1.54) is 36.8 Å². The first-order valence-corrected chi connectivity index (χ1v) is 7.52. The van der Waals surface area contributed by atoms with Gasteiger partial charge in [0.25, 0.3) is 0 Å². The molecule has 0 saturated heterocycles. The maximum Gasteiger partial charge on any atom is 0.123 e. The Kier molecular flexibility index (Phi) is 4.87. The second-order valence-electron chi connectivity index (χ2n) is 5.97. The highest BCUT2D eigenvalue weighted by molar-refractivity contribution is 5.39. The summed E-state index contributed by atoms with van der Waals surface area (Å²) in [4.78, 5) is 0. The van der Waals surface area contributed by atoms with E-state index in [9.17, 15) is 0 Å². The van der Waals surface area contributed by atoms with Crippen molar-refractivity contribution in [1.82, 2.24) is 5.32 Å². The fourth-order valence-electron chi connectivity index (χ4n) is 3.25. The van der Waals surface area contributed by atoms with Crippen molar-refractivity contribution in [3.8, 4) is 5.75 Å². The smallest absolute Gasteiger partial charge is 0.123 e. The average Bonchev–Trinajstić information content (AvgIpc) is 2.92. The van der Waals surface area contributed by atoms with E-state index in [4.69, 9.17) is 4.74 Å². The summed E-state index contributed by atoms with van der Waals surface area (Å²) in [6.07, 6.45) is 5.57. The van der Waals surface area contributed by atoms with Crippen LogP contribution in [0.1, 0.15) is 56.7 Å². The summed E-state index contributed by atoms with van der Waals surface area (Å²) in [6, 6.07) is 7.40. The molecule has 1 fully saturated rings. The van der Waals surface area contributed by atoms with E-state index in [1.54, 1.807) is 7.11 Å². The van der Waals surface area contributed by atoms with Crippen LogP contribution in [0, 0.1) is 12.8 Å². The molecule has 2 rings (SSSR count). The van der Waals surface area contributed by atoms with Crippen LogP contribution < -0.4 is 10.1 Å². The van der Waals surface area contributed by atoms with E-state index >= 15 is 0 Å². The number of ether oxygens (including phenoxy) is 1. The molecule has 1 unspecified atom stereocenters. The Morgan fingerprint density at radius 3 is 2.53 bits per heavy atom. The van der Waals surface area contributed by atoms with Gasteiger partial charge in [0, 0.05) is 17.6 Å². The molecule has 1 aromatic rings. The second kappa shape index (κ2) is 6.42. The Morgan fingerprint density at radius 1 is 1.21 bits per heavy atom. The molecule has 2 atom stereocenters. The summed E-state index contributed by atoms with van der Waals surface area (Å²) in [5.74, 6) is 1.84. The number of aryl methyl sites for hydroxylation is 1. The molecule has 19 heavy (non-hydrogen) atoms. The highest BCUT2D eigenvalue weighted by Gasteiger charge is 2.23. The van der Waals surface area contributed by atoms with Gasteiger partial charge in [-0.2, -0.15) is 0 Å². The zero-order valence-corrected chi connectivity index (χ0v) is 12.7. The number of rotatable bonds is 5. The lowest BCUT2D eigenvalue weighted by Gasteiger charge is -2.26. The molecule has 1 aromatic carbocycles. The topological polar surface area (TPSA) is 21.3 Å². The zero-order chi connectivity index (χ0) is 13.8. The Bertz CT molecular complexity index is 410. The minimum atomic E-state index is 0.339. The van der Waals surface area contributed by atoms with Crippen molar-refractivity contribution in [3.05, 3.63) is 29.3 Å². The van der Waals surface area contributed by atoms with Crippen molar-refractivity contribution in [2.75, 3.05) is 7.11 Å². The van der Waals surface area contributed by atoms with E-state index in [2.05, 4.69) is 44.3 Å². The summed E-state index contributed by atoms with van der Waals surface area (Å²) in [7, 11) is 1.76. The molecule has 1 saturated carbocycles. The van der Waals surface area contributed by atoms with Gasteiger partial charge in [0.15, 0.2) is 0 Å². The molecule has 0 heterocycles. The first-order chi connectivity index (χ1) is 9.11. The normalized spacial score (nSPS) is 19.4. The van der Waals surface area contributed by atoms with Gasteiger partial charge in [-0.1, -0.05) is 25.0 Å². The Morgan fingerprint density at radius 2 is 1.89 bits per heavy atom. The lowest BCUT2D eigenvalue weighted by atomic mass is 9.97. The molecule has 0 aliphatic heterocycles. The molecule has 1 N–H and O–H groups in total. The van der Waals surface area contributed by atoms with E-state index in [0.717, 1.165) is 11.7 Å². The van der Waals surface area contributed by atoms with Gasteiger partial charge >= 0.3 is 0 Å². The first-order valence-electron chi connectivity index (χ1n) is 7.52. The van der Waals surface area contributed by atoms with Crippen molar-refractivity contribution in [3.63, 3.8) is 0 Å². The lowest BCUT2D eigenvalue weighted by molar-refractivity contribution is 0.343. The van der Waals surface area contributed by atoms with Crippen molar-refractivity contribution >= 4 is 0 Å². The third-order valence-electron chi connectivity index (χ3n) is 4.48. The van der Waals surface area contributed by atoms with E-state index in [1.807, 2.05) is 0 Å². The Hall–Kier alpha value is -1.02. The quantitative estimate of drug-likeness (QED) is 0.856. The lowest BCUT2D eigenvalue weighted by Crippen LogP contribution is -2.34. The van der Waals surface area contributed by atoms with Crippen LogP contribution in [0.25, 0.3) is 0 Å². The molecule has 0 aromatic heterocycles. The molecule has 0 radical (unpaired) electrons. The minimum Gasteiger partial charge on any atom is -0.496 e. The van der Waals surface area contributed by atoms with Gasteiger partial charge in [0.2, 0.25) is 0 Å². The predicted molar refractivity (Wildman–Crippen MR) is 80.7 cm³/mol. The van der Waals surface area contributed by atoms with Crippen LogP contribution in [0.5, 0.6) is 5.75 Å². The monoisotopic (exact) mass is 261 g/mol. The standard InChI is InChI=1S/C17H27NO/c1-12-9-10-16(17(11-12)19-4)14(3)18-13(2)15-7-5-6-8-15/h9-11,13-15,18H,5-8H2,1-4H3/t13-,14?/m0/s1. The van der Waals surface area contributed by atoms with E-state index < -0.39 is 0 Å². The zero-order valence-electron chi connectivity index (χ0n) is 12.7. The van der Waals surface area contributed by atoms with Crippen LogP contribution >= 0.6 is 0 Å². The van der Waals surface area contributed by atoms with Gasteiger partial charge in [-0.05, 0) is 51.2 Å². The molecule has 2 nitrogen and oxygen atoms in total. The van der Waals surface area contributed by atoms with Crippen LogP contribution in [-0.2, 0) is 0 Å². The van der Waals surface area contributed by atoms with E-state index in [0.29, 0.717) is 12.1 Å². The Labute approximate surface area is 117 Å². The van der Waals surface area contributed by atoms with Gasteiger partial charge in [-0.25, -0.2) is 0 Å². The van der Waals surface area contributed by atoms with Crippen LogP contribution in [0.2, 0.25) is 0 Å². The summed E-state index contributed by atoms with van der Waals surface area (Å²) >= 11 is 0. The molecule has 0 amide bonds. The van der Waals surface area contributed by atoms with Gasteiger partial charge in [0.1, 0.15) is 5.75 Å². The van der Waals surface area contributed by atoms with Crippen LogP contribution in [-0.4, -0.2) is 13.2 Å². The summed E-state index contributed by atoms with van der Waals surface area (Å²) in [5, 5.41) is 3.75. The molecule has 106 valence electrons. The largest absolute Gasteiger partial charge is 0.496 e. The number of hydrogen-bond donors (Lipinski definition) is 1. The van der Waals surface area contributed by atoms with Crippen LogP contribution in [0.15, 0.2) is 18.2 Å². The van der Waals surface area contributed by atoms with Crippen LogP contribution in [0.3, 0.4) is 0 Å². The predicted octanol–water partition coefficient (Wildman–Crippen LogP) is 4.23. The average molecular weight is 261 g/mol. The number of methoxy groups -OCH3 is 1. The van der Waals surface area contributed by atoms with Gasteiger partial charge in [-0.3, -0.25) is 0 Å². The highest BCUT2D eigenvalue weighted by atomic mass is 16.5. The summed E-state index contributed by atoms with van der Waals surface area (Å²) < 4.78 is 5.51. The van der Waals surface area contributed by atoms with Gasteiger partial charge in [-0.15, -0.1) is 0 Å². The molecule has 2 heteroatoms. The first kappa shape index (κ1) is 14.4. The fraction of sp³-hybridized carbons (Fsp3) is 0.647. The molecule has 1 aliphatic rings. The van der Waals surface area contributed by atoms with Crippen molar-refractivity contribution in [2.24, 2.45) is 5.92 Å². The minimum absolute atomic E-state index is 0.339. The third-order valence-corrected chi connectivity index (χ3v) is 4.48. The maximum atomic E-state index is 5.51. The SMILES string of the molecule is COc1cc(C)ccc1C(C)N[C@@H](C)C1CCCC1. The van der Waals surface area contributed by atoms with Crippen LogP contribution in [0.4, 0.5) is 0 Å². The molecule has 1 aliphatic carbocycles. The number of hydrogen-bond acceptors (Lipinski definition) is 2. The second-order valence-corrected chi connectivity index (χ2v) is 5.97. The summed E-state index contributed by atoms with van der Waals surface area (Å²) in [5.41, 5.74) is 2.51. The summed E-state index contributed by atoms with van der Waals surface area (Å²) in [6.45, 7) is 6.66. The molecular formula is C17H27NO. The highest BCUT2D eigenvalue weighted by Crippen LogP contribution is 2.31. The molecule has 0 spiro atoms. The van der Waals surface area contributed by atoms with Gasteiger partial charge in [0.05, 0.1) is 7.11 Å².